The topological polar surface area (TPSA) is 61.9 Å². The van der Waals surface area contributed by atoms with Gasteiger partial charge in [-0.2, -0.15) is 4.39 Å². The number of nitrogens with zero attached hydrogens (tertiary/aromatic N) is 4. The first kappa shape index (κ1) is 16.9. The van der Waals surface area contributed by atoms with E-state index >= 15 is 4.39 Å². The third-order valence-corrected chi connectivity index (χ3v) is 5.39. The third-order valence-electron chi connectivity index (χ3n) is 5.39. The van der Waals surface area contributed by atoms with Crippen molar-refractivity contribution >= 4 is 21.9 Å². The second-order valence-corrected chi connectivity index (χ2v) is 6.90. The van der Waals surface area contributed by atoms with Gasteiger partial charge in [0, 0.05) is 24.9 Å². The minimum Gasteiger partial charge on any atom is -0.490 e. The van der Waals surface area contributed by atoms with E-state index in [1.807, 2.05) is 6.92 Å². The van der Waals surface area contributed by atoms with E-state index in [2.05, 4.69) is 9.97 Å². The summed E-state index contributed by atoms with van der Waals surface area (Å²) < 4.78 is 37.6. The normalized spacial score (nSPS) is 15.9. The van der Waals surface area contributed by atoms with Crippen molar-refractivity contribution in [3.05, 3.63) is 52.8 Å². The van der Waals surface area contributed by atoms with Gasteiger partial charge in [0.1, 0.15) is 18.2 Å². The standard InChI is InChI=1S/C20H16F2N4O2/c1-3-11-9-28-19-16(10-4-5-15(22)24-7-10)12(21)6-13-17(19)18-14(8-23-13)25(2)20(27)26(11)18/h4-8,11H,3,9H2,1-2H3/t11-/m1/s1. The Morgan fingerprint density at radius 3 is 2.79 bits per heavy atom. The second kappa shape index (κ2) is 5.85. The quantitative estimate of drug-likeness (QED) is 0.497. The summed E-state index contributed by atoms with van der Waals surface area (Å²) in [5, 5.41) is 0.576. The van der Waals surface area contributed by atoms with Gasteiger partial charge in [0.2, 0.25) is 5.95 Å². The van der Waals surface area contributed by atoms with Crippen molar-refractivity contribution in [1.29, 1.82) is 0 Å². The molecular weight excluding hydrogens is 366 g/mol. The molecule has 0 bridgehead atoms. The molecule has 142 valence electrons. The Kier molecular flexibility index (Phi) is 3.52. The van der Waals surface area contributed by atoms with E-state index in [0.717, 1.165) is 0 Å². The summed E-state index contributed by atoms with van der Waals surface area (Å²) in [6, 6.07) is 3.75. The van der Waals surface area contributed by atoms with Gasteiger partial charge in [0.15, 0.2) is 0 Å². The highest BCUT2D eigenvalue weighted by molar-refractivity contribution is 6.09. The van der Waals surface area contributed by atoms with Crippen LogP contribution in [0.2, 0.25) is 0 Å². The molecule has 3 aromatic heterocycles. The zero-order valence-electron chi connectivity index (χ0n) is 15.2. The van der Waals surface area contributed by atoms with Crippen LogP contribution in [0.4, 0.5) is 8.78 Å². The number of hydrogen-bond donors (Lipinski definition) is 0. The summed E-state index contributed by atoms with van der Waals surface area (Å²) in [6.07, 6.45) is 3.52. The molecule has 8 heteroatoms. The van der Waals surface area contributed by atoms with Crippen LogP contribution in [0.1, 0.15) is 19.4 Å². The van der Waals surface area contributed by atoms with E-state index < -0.39 is 11.8 Å². The monoisotopic (exact) mass is 382 g/mol. The number of rotatable bonds is 2. The number of halogens is 2. The van der Waals surface area contributed by atoms with Gasteiger partial charge >= 0.3 is 5.69 Å². The smallest absolute Gasteiger partial charge is 0.329 e. The lowest BCUT2D eigenvalue weighted by Crippen LogP contribution is -2.28. The molecule has 0 unspecified atom stereocenters. The Hall–Kier alpha value is -3.29. The van der Waals surface area contributed by atoms with Gasteiger partial charge in [0.05, 0.1) is 39.7 Å². The number of aryl methyl sites for hydroxylation is 1. The van der Waals surface area contributed by atoms with E-state index in [9.17, 15) is 9.18 Å². The van der Waals surface area contributed by atoms with Crippen LogP contribution in [-0.2, 0) is 7.05 Å². The number of aromatic nitrogens is 4. The van der Waals surface area contributed by atoms with Crippen molar-refractivity contribution in [3.8, 4) is 16.9 Å². The van der Waals surface area contributed by atoms with Crippen LogP contribution < -0.4 is 10.4 Å². The fourth-order valence-corrected chi connectivity index (χ4v) is 3.94. The predicted octanol–water partition coefficient (Wildman–Crippen LogP) is 3.57. The highest BCUT2D eigenvalue weighted by Gasteiger charge is 2.29. The lowest BCUT2D eigenvalue weighted by Gasteiger charge is -2.16. The van der Waals surface area contributed by atoms with Crippen LogP contribution in [0.15, 0.2) is 35.4 Å². The SMILES string of the molecule is CC[C@@H]1COc2c(-c3ccc(F)nc3)c(F)cc3ncc4c(c23)n1c(=O)n4C. The number of imidazole rings is 1. The summed E-state index contributed by atoms with van der Waals surface area (Å²) in [5.74, 6) is -0.886. The average molecular weight is 382 g/mol. The Balaban J connectivity index is 1.98. The minimum atomic E-state index is -0.649. The summed E-state index contributed by atoms with van der Waals surface area (Å²) in [5.41, 5.74) is 2.14. The molecular formula is C20H16F2N4O2. The summed E-state index contributed by atoms with van der Waals surface area (Å²) in [6.45, 7) is 2.18. The largest absolute Gasteiger partial charge is 0.490 e. The molecule has 1 aliphatic heterocycles. The Morgan fingerprint density at radius 1 is 1.25 bits per heavy atom. The zero-order chi connectivity index (χ0) is 19.6. The maximum Gasteiger partial charge on any atom is 0.329 e. The van der Waals surface area contributed by atoms with E-state index in [1.165, 1.54) is 24.4 Å². The first-order chi connectivity index (χ1) is 13.5. The maximum absolute atomic E-state index is 15.1. The molecule has 4 heterocycles. The fraction of sp³-hybridized carbons (Fsp3) is 0.250. The van der Waals surface area contributed by atoms with E-state index in [4.69, 9.17) is 4.74 Å². The minimum absolute atomic E-state index is 0.165. The van der Waals surface area contributed by atoms with E-state index in [0.29, 0.717) is 39.7 Å². The lowest BCUT2D eigenvalue weighted by molar-refractivity contribution is 0.252. The third kappa shape index (κ3) is 2.14. The molecule has 5 rings (SSSR count). The van der Waals surface area contributed by atoms with Crippen molar-refractivity contribution in [1.82, 2.24) is 19.1 Å². The Labute approximate surface area is 158 Å². The predicted molar refractivity (Wildman–Crippen MR) is 100 cm³/mol. The molecule has 0 N–H and O–H groups in total. The van der Waals surface area contributed by atoms with Crippen LogP contribution in [0.5, 0.6) is 5.75 Å². The van der Waals surface area contributed by atoms with Gasteiger partial charge in [-0.25, -0.2) is 14.2 Å². The molecule has 0 aliphatic carbocycles. The number of ether oxygens (including phenoxy) is 1. The molecule has 6 nitrogen and oxygen atoms in total. The van der Waals surface area contributed by atoms with Crippen molar-refractivity contribution in [2.45, 2.75) is 19.4 Å². The molecule has 1 aromatic carbocycles. The average Bonchev–Trinajstić information content (AvgIpc) is 2.84. The molecule has 4 aromatic rings. The van der Waals surface area contributed by atoms with Crippen LogP contribution >= 0.6 is 0 Å². The van der Waals surface area contributed by atoms with Crippen LogP contribution in [0.25, 0.3) is 33.1 Å². The van der Waals surface area contributed by atoms with Gasteiger partial charge < -0.3 is 4.74 Å². The molecule has 1 atom stereocenters. The van der Waals surface area contributed by atoms with Crippen LogP contribution in [0, 0.1) is 11.8 Å². The summed E-state index contributed by atoms with van der Waals surface area (Å²) >= 11 is 0. The van der Waals surface area contributed by atoms with Crippen molar-refractivity contribution in [2.24, 2.45) is 7.05 Å². The highest BCUT2D eigenvalue weighted by atomic mass is 19.1. The van der Waals surface area contributed by atoms with Crippen LogP contribution in [0.3, 0.4) is 0 Å². The van der Waals surface area contributed by atoms with Gasteiger partial charge in [-0.15, -0.1) is 0 Å². The summed E-state index contributed by atoms with van der Waals surface area (Å²) in [7, 11) is 1.69. The molecule has 0 radical (unpaired) electrons. The molecule has 0 saturated heterocycles. The second-order valence-electron chi connectivity index (χ2n) is 6.90. The highest BCUT2D eigenvalue weighted by Crippen LogP contribution is 2.43. The van der Waals surface area contributed by atoms with Crippen molar-refractivity contribution < 1.29 is 13.5 Å². The van der Waals surface area contributed by atoms with Gasteiger partial charge in [-0.3, -0.25) is 14.1 Å². The van der Waals surface area contributed by atoms with Crippen molar-refractivity contribution in [3.63, 3.8) is 0 Å². The van der Waals surface area contributed by atoms with E-state index in [1.54, 1.807) is 22.4 Å². The summed E-state index contributed by atoms with van der Waals surface area (Å²) in [4.78, 5) is 20.9. The number of hydrogen-bond acceptors (Lipinski definition) is 4. The van der Waals surface area contributed by atoms with Gasteiger partial charge in [0.25, 0.3) is 0 Å². The molecule has 1 aliphatic rings. The first-order valence-electron chi connectivity index (χ1n) is 8.98. The Morgan fingerprint density at radius 2 is 2.07 bits per heavy atom. The molecule has 0 amide bonds. The maximum atomic E-state index is 15.1. The van der Waals surface area contributed by atoms with Crippen LogP contribution in [-0.4, -0.2) is 25.7 Å². The van der Waals surface area contributed by atoms with Gasteiger partial charge in [-0.1, -0.05) is 6.92 Å². The van der Waals surface area contributed by atoms with Gasteiger partial charge in [-0.05, 0) is 18.6 Å². The Bertz CT molecular complexity index is 1310. The zero-order valence-corrected chi connectivity index (χ0v) is 15.2. The molecule has 0 saturated carbocycles. The molecule has 0 fully saturated rings. The van der Waals surface area contributed by atoms with Crippen molar-refractivity contribution in [2.75, 3.05) is 6.61 Å². The lowest BCUT2D eigenvalue weighted by atomic mass is 10.0. The number of pyridine rings is 2. The fourth-order valence-electron chi connectivity index (χ4n) is 3.94. The molecule has 0 spiro atoms. The van der Waals surface area contributed by atoms with E-state index in [-0.39, 0.29) is 23.9 Å². The number of benzene rings is 1. The molecule has 28 heavy (non-hydrogen) atoms. The first-order valence-corrected chi connectivity index (χ1v) is 8.98.